The normalized spacial score (nSPS) is 11.4. The minimum atomic E-state index is -4.74. The van der Waals surface area contributed by atoms with Crippen LogP contribution in [0.4, 0.5) is 41.3 Å². The number of aromatic nitrogens is 3. The summed E-state index contributed by atoms with van der Waals surface area (Å²) in [5.74, 6) is 0.337. The van der Waals surface area contributed by atoms with Crippen molar-refractivity contribution in [2.24, 2.45) is 0 Å². The summed E-state index contributed by atoms with van der Waals surface area (Å²) in [4.78, 5) is 12.7. The highest BCUT2D eigenvalue weighted by Gasteiger charge is 2.30. The molecule has 2 aromatic heterocycles. The lowest BCUT2D eigenvalue weighted by molar-refractivity contribution is -0.274. The molecule has 4 rings (SSSR count). The van der Waals surface area contributed by atoms with Crippen LogP contribution in [0, 0.1) is 0 Å². The number of rotatable bonds is 5. The third-order valence-electron chi connectivity index (χ3n) is 3.75. The highest BCUT2D eigenvalue weighted by atomic mass is 32.1. The number of benzene rings is 2. The summed E-state index contributed by atoms with van der Waals surface area (Å²) in [5.41, 5.74) is 7.71. The molecule has 0 aliphatic rings. The summed E-state index contributed by atoms with van der Waals surface area (Å²) in [7, 11) is 0. The third-order valence-corrected chi connectivity index (χ3v) is 4.71. The second-order valence-electron chi connectivity index (χ2n) is 5.79. The number of hydrogen-bond acceptors (Lipinski definition) is 8. The molecule has 0 saturated carbocycles. The molecule has 0 atom stereocenters. The van der Waals surface area contributed by atoms with Crippen LogP contribution in [-0.4, -0.2) is 21.3 Å². The average molecular weight is 418 g/mol. The fraction of sp³-hybridized carbons (Fsp3) is 0.0556. The molecule has 0 aliphatic heterocycles. The van der Waals surface area contributed by atoms with Gasteiger partial charge in [-0.2, -0.15) is 0 Å². The molecule has 29 heavy (non-hydrogen) atoms. The zero-order chi connectivity index (χ0) is 20.4. The number of nitrogens with zero attached hydrogens (tertiary/aromatic N) is 3. The van der Waals surface area contributed by atoms with E-state index in [4.69, 9.17) is 5.73 Å². The Morgan fingerprint density at radius 1 is 0.931 bits per heavy atom. The molecule has 0 amide bonds. The summed E-state index contributed by atoms with van der Waals surface area (Å²) < 4.78 is 41.6. The van der Waals surface area contributed by atoms with Gasteiger partial charge >= 0.3 is 6.36 Å². The van der Waals surface area contributed by atoms with Gasteiger partial charge in [0, 0.05) is 5.69 Å². The van der Waals surface area contributed by atoms with Crippen LogP contribution in [0.3, 0.4) is 0 Å². The number of para-hydroxylation sites is 1. The number of fused-ring (bicyclic) bond motifs is 1. The van der Waals surface area contributed by atoms with E-state index < -0.39 is 6.36 Å². The number of nitrogens with two attached hydrogens (primary N) is 1. The topological polar surface area (TPSA) is 98.0 Å². The van der Waals surface area contributed by atoms with E-state index in [1.807, 2.05) is 24.3 Å². The Kier molecular flexibility index (Phi) is 4.80. The number of hydrogen-bond donors (Lipinski definition) is 3. The first-order valence-corrected chi connectivity index (χ1v) is 9.05. The van der Waals surface area contributed by atoms with E-state index in [-0.39, 0.29) is 11.4 Å². The maximum Gasteiger partial charge on any atom is 0.573 e. The van der Waals surface area contributed by atoms with E-state index in [1.54, 1.807) is 0 Å². The minimum absolute atomic E-state index is 0.238. The van der Waals surface area contributed by atoms with Gasteiger partial charge in [-0.1, -0.05) is 23.5 Å². The molecule has 4 N–H and O–H groups in total. The van der Waals surface area contributed by atoms with E-state index >= 15 is 0 Å². The molecule has 7 nitrogen and oxygen atoms in total. The zero-order valence-electron chi connectivity index (χ0n) is 14.6. The van der Waals surface area contributed by atoms with E-state index in [2.05, 4.69) is 30.3 Å². The first-order chi connectivity index (χ1) is 13.9. The van der Waals surface area contributed by atoms with Crippen LogP contribution in [0.5, 0.6) is 5.75 Å². The van der Waals surface area contributed by atoms with E-state index in [1.165, 1.54) is 41.9 Å². The molecule has 0 bridgehead atoms. The Balaban J connectivity index is 1.52. The molecule has 0 saturated heterocycles. The van der Waals surface area contributed by atoms with Crippen molar-refractivity contribution in [2.45, 2.75) is 6.36 Å². The number of halogens is 3. The van der Waals surface area contributed by atoms with Gasteiger partial charge < -0.3 is 21.1 Å². The zero-order valence-corrected chi connectivity index (χ0v) is 15.4. The molecule has 0 spiro atoms. The quantitative estimate of drug-likeness (QED) is 0.417. The monoisotopic (exact) mass is 418 g/mol. The first-order valence-electron chi connectivity index (χ1n) is 8.23. The molecule has 2 heterocycles. The van der Waals surface area contributed by atoms with Crippen LogP contribution in [0.2, 0.25) is 0 Å². The summed E-state index contributed by atoms with van der Waals surface area (Å²) in [6, 6.07) is 12.9. The molecule has 0 unspecified atom stereocenters. The molecular formula is C18H13F3N6OS. The van der Waals surface area contributed by atoms with Gasteiger partial charge in [0.15, 0.2) is 16.8 Å². The third kappa shape index (κ3) is 4.46. The van der Waals surface area contributed by atoms with Crippen molar-refractivity contribution in [3.05, 3.63) is 54.9 Å². The van der Waals surface area contributed by atoms with E-state index in [9.17, 15) is 13.2 Å². The second kappa shape index (κ2) is 7.43. The van der Waals surface area contributed by atoms with E-state index in [0.29, 0.717) is 22.5 Å². The van der Waals surface area contributed by atoms with Gasteiger partial charge in [0.25, 0.3) is 0 Å². The molecule has 0 aliphatic carbocycles. The highest BCUT2D eigenvalue weighted by molar-refractivity contribution is 7.22. The second-order valence-corrected chi connectivity index (χ2v) is 6.82. The Bertz CT molecular complexity index is 1110. The maximum absolute atomic E-state index is 12.3. The maximum atomic E-state index is 12.3. The van der Waals surface area contributed by atoms with Crippen molar-refractivity contribution in [3.8, 4) is 5.75 Å². The van der Waals surface area contributed by atoms with Crippen LogP contribution in [0.1, 0.15) is 0 Å². The lowest BCUT2D eigenvalue weighted by Crippen LogP contribution is -2.17. The van der Waals surface area contributed by atoms with Gasteiger partial charge in [0.2, 0.25) is 0 Å². The highest BCUT2D eigenvalue weighted by Crippen LogP contribution is 2.32. The van der Waals surface area contributed by atoms with Crippen LogP contribution < -0.4 is 21.1 Å². The van der Waals surface area contributed by atoms with Crippen molar-refractivity contribution < 1.29 is 17.9 Å². The van der Waals surface area contributed by atoms with Gasteiger partial charge in [-0.15, -0.1) is 13.2 Å². The molecule has 0 fully saturated rings. The van der Waals surface area contributed by atoms with Crippen LogP contribution in [0.25, 0.3) is 10.2 Å². The van der Waals surface area contributed by atoms with Crippen LogP contribution in [-0.2, 0) is 0 Å². The Labute approximate surface area is 166 Å². The Morgan fingerprint density at radius 2 is 1.62 bits per heavy atom. The number of alkyl halides is 3. The SMILES string of the molecule is Nc1c(Nc2ccc(OC(F)(F)F)cc2)ncnc1Nc1nc2ccccc2s1. The molecule has 148 valence electrons. The summed E-state index contributed by atoms with van der Waals surface area (Å²) in [5, 5.41) is 6.64. The smallest absolute Gasteiger partial charge is 0.406 e. The van der Waals surface area contributed by atoms with Gasteiger partial charge in [-0.25, -0.2) is 15.0 Å². The van der Waals surface area contributed by atoms with Crippen molar-refractivity contribution in [2.75, 3.05) is 16.4 Å². The molecular weight excluding hydrogens is 405 g/mol. The van der Waals surface area contributed by atoms with Crippen molar-refractivity contribution in [3.63, 3.8) is 0 Å². The summed E-state index contributed by atoms with van der Waals surface area (Å²) in [6.45, 7) is 0. The number of nitrogens with one attached hydrogen (secondary N) is 2. The molecule has 0 radical (unpaired) electrons. The lowest BCUT2D eigenvalue weighted by atomic mass is 10.3. The van der Waals surface area contributed by atoms with Crippen molar-refractivity contribution >= 4 is 49.7 Å². The van der Waals surface area contributed by atoms with E-state index in [0.717, 1.165) is 10.2 Å². The number of ether oxygens (including phenoxy) is 1. The number of anilines is 5. The molecule has 2 aromatic carbocycles. The minimum Gasteiger partial charge on any atom is -0.406 e. The van der Waals surface area contributed by atoms with Crippen molar-refractivity contribution in [1.29, 1.82) is 0 Å². The predicted molar refractivity (Wildman–Crippen MR) is 106 cm³/mol. The number of thiazole rings is 1. The standard InChI is InChI=1S/C18H13F3N6OS/c19-18(20,21)28-11-7-5-10(6-8-11)25-15-14(22)16(24-9-23-15)27-17-26-12-3-1-2-4-13(12)29-17/h1-9H,22H2,(H2,23,24,25,26,27). The summed E-state index contributed by atoms with van der Waals surface area (Å²) in [6.07, 6.45) is -3.43. The largest absolute Gasteiger partial charge is 0.573 e. The number of nitrogen functional groups attached to an aromatic ring is 1. The van der Waals surface area contributed by atoms with Gasteiger partial charge in [-0.3, -0.25) is 0 Å². The fourth-order valence-corrected chi connectivity index (χ4v) is 3.36. The Hall–Kier alpha value is -3.60. The Morgan fingerprint density at radius 3 is 2.31 bits per heavy atom. The fourth-order valence-electron chi connectivity index (χ4n) is 2.50. The van der Waals surface area contributed by atoms with Crippen LogP contribution >= 0.6 is 11.3 Å². The summed E-state index contributed by atoms with van der Waals surface area (Å²) >= 11 is 1.45. The molecule has 4 aromatic rings. The van der Waals surface area contributed by atoms with Gasteiger partial charge in [-0.05, 0) is 36.4 Å². The van der Waals surface area contributed by atoms with Crippen molar-refractivity contribution in [1.82, 2.24) is 15.0 Å². The average Bonchev–Trinajstić information content (AvgIpc) is 3.08. The lowest BCUT2D eigenvalue weighted by Gasteiger charge is -2.12. The first kappa shape index (κ1) is 18.7. The molecule has 11 heteroatoms. The van der Waals surface area contributed by atoms with Gasteiger partial charge in [0.1, 0.15) is 17.8 Å². The van der Waals surface area contributed by atoms with Gasteiger partial charge in [0.05, 0.1) is 10.2 Å². The van der Waals surface area contributed by atoms with Crippen LogP contribution in [0.15, 0.2) is 54.9 Å². The predicted octanol–water partition coefficient (Wildman–Crippen LogP) is 5.05.